The number of hydrogen-bond donors (Lipinski definition) is 1. The molecule has 2 aromatic rings. The Morgan fingerprint density at radius 3 is 2.71 bits per heavy atom. The molecule has 3 rings (SSSR count). The Bertz CT molecular complexity index is 702. The summed E-state index contributed by atoms with van der Waals surface area (Å²) in [5, 5.41) is 4.37. The van der Waals surface area contributed by atoms with Gasteiger partial charge in [-0.2, -0.15) is 0 Å². The zero-order chi connectivity index (χ0) is 14.8. The minimum atomic E-state index is 0.0891. The maximum absolute atomic E-state index is 12.5. The molecule has 21 heavy (non-hydrogen) atoms. The molecule has 0 bridgehead atoms. The van der Waals surface area contributed by atoms with Crippen molar-refractivity contribution in [2.45, 2.75) is 6.54 Å². The van der Waals surface area contributed by atoms with E-state index in [1.807, 2.05) is 31.3 Å². The van der Waals surface area contributed by atoms with Gasteiger partial charge < -0.3 is 14.6 Å². The number of nitrogens with zero attached hydrogens (tertiary/aromatic N) is 2. The first-order valence-corrected chi connectivity index (χ1v) is 7.29. The molecule has 0 atom stereocenters. The van der Waals surface area contributed by atoms with E-state index in [0.29, 0.717) is 6.54 Å². The van der Waals surface area contributed by atoms with Crippen LogP contribution in [-0.2, 0) is 13.6 Å². The van der Waals surface area contributed by atoms with Gasteiger partial charge >= 0.3 is 0 Å². The number of ether oxygens (including phenoxy) is 1. The zero-order valence-electron chi connectivity index (χ0n) is 12.6. The van der Waals surface area contributed by atoms with Crippen LogP contribution >= 0.6 is 0 Å². The molecule has 0 radical (unpaired) electrons. The number of fused-ring (bicyclic) bond motifs is 1. The summed E-state index contributed by atoms with van der Waals surface area (Å²) >= 11 is 0. The van der Waals surface area contributed by atoms with Gasteiger partial charge in [-0.1, -0.05) is 0 Å². The van der Waals surface area contributed by atoms with E-state index in [2.05, 4.69) is 10.2 Å². The van der Waals surface area contributed by atoms with Crippen molar-refractivity contribution in [3.8, 4) is 5.75 Å². The molecule has 0 unspecified atom stereocenters. The van der Waals surface area contributed by atoms with E-state index >= 15 is 0 Å². The average Bonchev–Trinajstić information content (AvgIpc) is 2.53. The van der Waals surface area contributed by atoms with Crippen molar-refractivity contribution in [2.75, 3.05) is 33.3 Å². The van der Waals surface area contributed by atoms with Gasteiger partial charge in [-0.05, 0) is 24.3 Å². The number of aryl methyl sites for hydroxylation is 1. The monoisotopic (exact) mass is 287 g/mol. The first-order valence-electron chi connectivity index (χ1n) is 7.29. The van der Waals surface area contributed by atoms with Crippen LogP contribution in [0.4, 0.5) is 0 Å². The number of hydrogen-bond acceptors (Lipinski definition) is 4. The number of piperazine rings is 1. The molecule has 1 aliphatic rings. The highest BCUT2D eigenvalue weighted by Crippen LogP contribution is 2.20. The highest BCUT2D eigenvalue weighted by atomic mass is 16.5. The van der Waals surface area contributed by atoms with E-state index in [1.54, 1.807) is 11.7 Å². The van der Waals surface area contributed by atoms with Gasteiger partial charge in [0.2, 0.25) is 0 Å². The lowest BCUT2D eigenvalue weighted by Gasteiger charge is -2.27. The molecular weight excluding hydrogens is 266 g/mol. The van der Waals surface area contributed by atoms with Crippen molar-refractivity contribution in [1.29, 1.82) is 0 Å². The quantitative estimate of drug-likeness (QED) is 0.913. The van der Waals surface area contributed by atoms with E-state index in [1.165, 1.54) is 0 Å². The third-order valence-corrected chi connectivity index (χ3v) is 4.11. The van der Waals surface area contributed by atoms with E-state index in [4.69, 9.17) is 4.74 Å². The van der Waals surface area contributed by atoms with E-state index in [9.17, 15) is 4.79 Å². The summed E-state index contributed by atoms with van der Waals surface area (Å²) < 4.78 is 7.00. The van der Waals surface area contributed by atoms with E-state index < -0.39 is 0 Å². The molecule has 112 valence electrons. The van der Waals surface area contributed by atoms with Gasteiger partial charge in [-0.3, -0.25) is 9.69 Å². The third kappa shape index (κ3) is 2.80. The molecule has 5 heteroatoms. The van der Waals surface area contributed by atoms with Gasteiger partial charge in [0.05, 0.1) is 12.6 Å². The van der Waals surface area contributed by atoms with Gasteiger partial charge in [-0.25, -0.2) is 0 Å². The number of rotatable bonds is 3. The summed E-state index contributed by atoms with van der Waals surface area (Å²) in [4.78, 5) is 14.8. The lowest BCUT2D eigenvalue weighted by atomic mass is 10.1. The van der Waals surface area contributed by atoms with Gasteiger partial charge in [0.1, 0.15) is 5.75 Å². The molecule has 0 saturated carbocycles. The highest BCUT2D eigenvalue weighted by molar-refractivity contribution is 5.81. The van der Waals surface area contributed by atoms with Crippen LogP contribution in [0.1, 0.15) is 5.56 Å². The van der Waals surface area contributed by atoms with Crippen molar-refractivity contribution in [3.05, 3.63) is 40.2 Å². The van der Waals surface area contributed by atoms with Crippen LogP contribution in [0.15, 0.2) is 29.1 Å². The first kappa shape index (κ1) is 14.1. The van der Waals surface area contributed by atoms with Crippen LogP contribution in [0.3, 0.4) is 0 Å². The first-order chi connectivity index (χ1) is 10.2. The van der Waals surface area contributed by atoms with Crippen molar-refractivity contribution < 1.29 is 4.74 Å². The fraction of sp³-hybridized carbons (Fsp3) is 0.438. The van der Waals surface area contributed by atoms with Gasteiger partial charge in [0, 0.05) is 50.7 Å². The third-order valence-electron chi connectivity index (χ3n) is 4.11. The van der Waals surface area contributed by atoms with Crippen LogP contribution in [0.5, 0.6) is 5.75 Å². The summed E-state index contributed by atoms with van der Waals surface area (Å²) in [6.07, 6.45) is 0. The second-order valence-corrected chi connectivity index (χ2v) is 5.48. The maximum Gasteiger partial charge on any atom is 0.255 e. The molecule has 2 heterocycles. The summed E-state index contributed by atoms with van der Waals surface area (Å²) in [5.74, 6) is 0.814. The molecule has 0 amide bonds. The Labute approximate surface area is 124 Å². The fourth-order valence-electron chi connectivity index (χ4n) is 2.88. The zero-order valence-corrected chi connectivity index (χ0v) is 12.6. The minimum absolute atomic E-state index is 0.0891. The van der Waals surface area contributed by atoms with Crippen molar-refractivity contribution in [1.82, 2.24) is 14.8 Å². The number of aromatic nitrogens is 1. The van der Waals surface area contributed by atoms with Crippen molar-refractivity contribution >= 4 is 10.9 Å². The molecule has 1 aromatic carbocycles. The highest BCUT2D eigenvalue weighted by Gasteiger charge is 2.14. The molecule has 0 spiro atoms. The normalized spacial score (nSPS) is 16.3. The second-order valence-electron chi connectivity index (χ2n) is 5.48. The van der Waals surface area contributed by atoms with Crippen LogP contribution in [0, 0.1) is 0 Å². The average molecular weight is 287 g/mol. The number of pyridine rings is 1. The van der Waals surface area contributed by atoms with Crippen molar-refractivity contribution in [2.24, 2.45) is 7.05 Å². The maximum atomic E-state index is 12.5. The predicted molar refractivity (Wildman–Crippen MR) is 83.9 cm³/mol. The topological polar surface area (TPSA) is 46.5 Å². The summed E-state index contributed by atoms with van der Waals surface area (Å²) in [5.41, 5.74) is 1.87. The summed E-state index contributed by atoms with van der Waals surface area (Å²) in [6.45, 7) is 4.66. The minimum Gasteiger partial charge on any atom is -0.497 e. The van der Waals surface area contributed by atoms with Crippen LogP contribution < -0.4 is 15.6 Å². The predicted octanol–water partition coefficient (Wildman–Crippen LogP) is 0.952. The van der Waals surface area contributed by atoms with Gasteiger partial charge in [0.15, 0.2) is 0 Å². The SMILES string of the molecule is COc1ccc2c(c1)cc(CN1CCNCC1)c(=O)n2C. The number of nitrogens with one attached hydrogen (secondary N) is 1. The summed E-state index contributed by atoms with van der Waals surface area (Å²) in [6, 6.07) is 7.81. The Balaban J connectivity index is 2.01. The van der Waals surface area contributed by atoms with Crippen LogP contribution in [0.2, 0.25) is 0 Å². The summed E-state index contributed by atoms with van der Waals surface area (Å²) in [7, 11) is 3.49. The Morgan fingerprint density at radius 2 is 2.00 bits per heavy atom. The lowest BCUT2D eigenvalue weighted by Crippen LogP contribution is -2.43. The van der Waals surface area contributed by atoms with E-state index in [-0.39, 0.29) is 5.56 Å². The Hall–Kier alpha value is -1.85. The largest absolute Gasteiger partial charge is 0.497 e. The molecule has 1 saturated heterocycles. The van der Waals surface area contributed by atoms with Crippen molar-refractivity contribution in [3.63, 3.8) is 0 Å². The molecular formula is C16H21N3O2. The molecule has 1 aromatic heterocycles. The molecule has 1 N–H and O–H groups in total. The smallest absolute Gasteiger partial charge is 0.255 e. The number of methoxy groups -OCH3 is 1. The second kappa shape index (κ2) is 5.87. The Morgan fingerprint density at radius 1 is 1.24 bits per heavy atom. The van der Waals surface area contributed by atoms with E-state index in [0.717, 1.165) is 48.4 Å². The van der Waals surface area contributed by atoms with Gasteiger partial charge in [-0.15, -0.1) is 0 Å². The molecule has 1 fully saturated rings. The van der Waals surface area contributed by atoms with Crippen LogP contribution in [-0.4, -0.2) is 42.8 Å². The lowest BCUT2D eigenvalue weighted by molar-refractivity contribution is 0.232. The standard InChI is InChI=1S/C16H21N3O2/c1-18-15-4-3-14(21-2)10-12(15)9-13(16(18)20)11-19-7-5-17-6-8-19/h3-4,9-10,17H,5-8,11H2,1-2H3. The molecule has 5 nitrogen and oxygen atoms in total. The van der Waals surface area contributed by atoms with Crippen LogP contribution in [0.25, 0.3) is 10.9 Å². The molecule has 1 aliphatic heterocycles. The molecule has 0 aliphatic carbocycles. The van der Waals surface area contributed by atoms with Gasteiger partial charge in [0.25, 0.3) is 5.56 Å². The fourth-order valence-corrected chi connectivity index (χ4v) is 2.88. The Kier molecular flexibility index (Phi) is 3.94. The number of benzene rings is 1.